The minimum Gasteiger partial charge on any atom is -0.316 e. The van der Waals surface area contributed by atoms with E-state index in [1.165, 1.54) is 12.0 Å². The molecular weight excluding hydrogens is 198 g/mol. The second kappa shape index (κ2) is 8.25. The van der Waals surface area contributed by atoms with Crippen molar-refractivity contribution in [1.29, 1.82) is 0 Å². The fraction of sp³-hybridized carbons (Fsp3) is 0.615. The average molecular weight is 221 g/mol. The third-order valence-corrected chi connectivity index (χ3v) is 2.42. The molecule has 0 atom stereocenters. The van der Waals surface area contributed by atoms with Crippen molar-refractivity contribution in [3.8, 4) is 0 Å². The zero-order valence-corrected chi connectivity index (χ0v) is 10.4. The van der Waals surface area contributed by atoms with Crippen LogP contribution in [-0.4, -0.2) is 30.7 Å². The van der Waals surface area contributed by atoms with Crippen molar-refractivity contribution in [2.24, 2.45) is 0 Å². The van der Waals surface area contributed by atoms with Crippen LogP contribution in [0.3, 0.4) is 0 Å². The highest BCUT2D eigenvalue weighted by molar-refractivity contribution is 5.09. The molecule has 0 unspecified atom stereocenters. The van der Waals surface area contributed by atoms with Crippen molar-refractivity contribution in [2.75, 3.05) is 19.6 Å². The van der Waals surface area contributed by atoms with Crippen LogP contribution in [0.4, 0.5) is 0 Å². The molecule has 3 heteroatoms. The Morgan fingerprint density at radius 1 is 1.12 bits per heavy atom. The normalized spacial score (nSPS) is 10.9. The van der Waals surface area contributed by atoms with E-state index in [2.05, 4.69) is 41.6 Å². The van der Waals surface area contributed by atoms with E-state index in [9.17, 15) is 0 Å². The van der Waals surface area contributed by atoms with Gasteiger partial charge in [-0.05, 0) is 50.2 Å². The van der Waals surface area contributed by atoms with Crippen molar-refractivity contribution < 1.29 is 0 Å². The second-order valence-electron chi connectivity index (χ2n) is 4.32. The van der Waals surface area contributed by atoms with Crippen LogP contribution in [0.5, 0.6) is 0 Å². The lowest BCUT2D eigenvalue weighted by molar-refractivity contribution is 0.548. The summed E-state index contributed by atoms with van der Waals surface area (Å²) in [4.78, 5) is 4.00. The van der Waals surface area contributed by atoms with Crippen LogP contribution in [0.1, 0.15) is 25.8 Å². The summed E-state index contributed by atoms with van der Waals surface area (Å²) in [5, 5.41) is 6.85. The molecule has 0 saturated carbocycles. The third kappa shape index (κ3) is 6.53. The second-order valence-corrected chi connectivity index (χ2v) is 4.32. The molecule has 1 heterocycles. The summed E-state index contributed by atoms with van der Waals surface area (Å²) in [6.45, 7) is 7.59. The van der Waals surface area contributed by atoms with Gasteiger partial charge in [0.25, 0.3) is 0 Å². The van der Waals surface area contributed by atoms with Crippen LogP contribution in [0.2, 0.25) is 0 Å². The van der Waals surface area contributed by atoms with E-state index in [-0.39, 0.29) is 0 Å². The van der Waals surface area contributed by atoms with E-state index in [1.54, 1.807) is 0 Å². The largest absolute Gasteiger partial charge is 0.316 e. The number of hydrogen-bond donors (Lipinski definition) is 2. The summed E-state index contributed by atoms with van der Waals surface area (Å²) in [6, 6.07) is 4.74. The molecular formula is C13H23N3. The Hall–Kier alpha value is -0.930. The van der Waals surface area contributed by atoms with Gasteiger partial charge in [0.15, 0.2) is 0 Å². The highest BCUT2D eigenvalue weighted by Gasteiger charge is 1.93. The third-order valence-electron chi connectivity index (χ3n) is 2.42. The Morgan fingerprint density at radius 2 is 1.88 bits per heavy atom. The van der Waals surface area contributed by atoms with E-state index in [4.69, 9.17) is 0 Å². The maximum absolute atomic E-state index is 4.00. The first-order valence-corrected chi connectivity index (χ1v) is 6.12. The molecule has 16 heavy (non-hydrogen) atoms. The maximum Gasteiger partial charge on any atom is 0.0270 e. The van der Waals surface area contributed by atoms with Crippen LogP contribution < -0.4 is 10.6 Å². The average Bonchev–Trinajstić information content (AvgIpc) is 2.29. The molecule has 1 aromatic heterocycles. The number of aromatic nitrogens is 1. The van der Waals surface area contributed by atoms with Crippen LogP contribution in [0, 0.1) is 0 Å². The topological polar surface area (TPSA) is 37.0 Å². The molecule has 0 spiro atoms. The maximum atomic E-state index is 4.00. The molecule has 0 aliphatic heterocycles. The summed E-state index contributed by atoms with van der Waals surface area (Å²) in [6.07, 6.45) is 5.97. The first-order chi connectivity index (χ1) is 7.79. The van der Waals surface area contributed by atoms with Gasteiger partial charge in [-0.1, -0.05) is 13.8 Å². The van der Waals surface area contributed by atoms with Crippen molar-refractivity contribution in [1.82, 2.24) is 15.6 Å². The van der Waals surface area contributed by atoms with E-state index in [0.717, 1.165) is 26.1 Å². The van der Waals surface area contributed by atoms with Crippen molar-refractivity contribution in [3.05, 3.63) is 30.1 Å². The molecule has 0 amide bonds. The van der Waals surface area contributed by atoms with E-state index in [0.29, 0.717) is 6.04 Å². The van der Waals surface area contributed by atoms with Gasteiger partial charge in [-0.25, -0.2) is 0 Å². The zero-order chi connectivity index (χ0) is 11.6. The van der Waals surface area contributed by atoms with Crippen molar-refractivity contribution in [2.45, 2.75) is 32.7 Å². The van der Waals surface area contributed by atoms with E-state index in [1.807, 2.05) is 12.4 Å². The summed E-state index contributed by atoms with van der Waals surface area (Å²) in [7, 11) is 0. The first kappa shape index (κ1) is 13.1. The van der Waals surface area contributed by atoms with Gasteiger partial charge in [0.2, 0.25) is 0 Å². The number of nitrogens with one attached hydrogen (secondary N) is 2. The highest BCUT2D eigenvalue weighted by atomic mass is 14.9. The van der Waals surface area contributed by atoms with Gasteiger partial charge in [0.05, 0.1) is 0 Å². The van der Waals surface area contributed by atoms with E-state index < -0.39 is 0 Å². The molecule has 1 aromatic rings. The minimum absolute atomic E-state index is 0.594. The predicted molar refractivity (Wildman–Crippen MR) is 68.6 cm³/mol. The fourth-order valence-electron chi connectivity index (χ4n) is 1.51. The SMILES string of the molecule is CC(C)NCCCNCCc1ccncc1. The summed E-state index contributed by atoms with van der Waals surface area (Å²) in [5.74, 6) is 0. The Morgan fingerprint density at radius 3 is 2.56 bits per heavy atom. The first-order valence-electron chi connectivity index (χ1n) is 6.12. The molecule has 0 fully saturated rings. The number of hydrogen-bond acceptors (Lipinski definition) is 3. The summed E-state index contributed by atoms with van der Waals surface area (Å²) >= 11 is 0. The quantitative estimate of drug-likeness (QED) is 0.655. The number of nitrogens with zero attached hydrogens (tertiary/aromatic N) is 1. The van der Waals surface area contributed by atoms with Crippen LogP contribution in [-0.2, 0) is 6.42 Å². The van der Waals surface area contributed by atoms with E-state index >= 15 is 0 Å². The molecule has 0 saturated heterocycles. The van der Waals surface area contributed by atoms with Gasteiger partial charge in [-0.2, -0.15) is 0 Å². The number of pyridine rings is 1. The lowest BCUT2D eigenvalue weighted by Crippen LogP contribution is -2.27. The van der Waals surface area contributed by atoms with Gasteiger partial charge in [-0.15, -0.1) is 0 Å². The smallest absolute Gasteiger partial charge is 0.0270 e. The Balaban J connectivity index is 1.93. The molecule has 0 aliphatic rings. The number of rotatable bonds is 8. The van der Waals surface area contributed by atoms with Crippen molar-refractivity contribution >= 4 is 0 Å². The van der Waals surface area contributed by atoms with Crippen LogP contribution >= 0.6 is 0 Å². The lowest BCUT2D eigenvalue weighted by Gasteiger charge is -2.08. The molecule has 2 N–H and O–H groups in total. The Labute approximate surface area is 98.7 Å². The predicted octanol–water partition coefficient (Wildman–Crippen LogP) is 1.60. The molecule has 0 bridgehead atoms. The Bertz CT molecular complexity index is 259. The minimum atomic E-state index is 0.594. The molecule has 3 nitrogen and oxygen atoms in total. The molecule has 1 rings (SSSR count). The van der Waals surface area contributed by atoms with Crippen LogP contribution in [0.15, 0.2) is 24.5 Å². The fourth-order valence-corrected chi connectivity index (χ4v) is 1.51. The lowest BCUT2D eigenvalue weighted by atomic mass is 10.2. The summed E-state index contributed by atoms with van der Waals surface area (Å²) < 4.78 is 0. The highest BCUT2D eigenvalue weighted by Crippen LogP contribution is 1.95. The monoisotopic (exact) mass is 221 g/mol. The van der Waals surface area contributed by atoms with Gasteiger partial charge in [0.1, 0.15) is 0 Å². The zero-order valence-electron chi connectivity index (χ0n) is 10.4. The van der Waals surface area contributed by atoms with Gasteiger partial charge in [-0.3, -0.25) is 4.98 Å². The Kier molecular flexibility index (Phi) is 6.77. The van der Waals surface area contributed by atoms with Gasteiger partial charge in [0, 0.05) is 18.4 Å². The molecule has 0 aliphatic carbocycles. The van der Waals surface area contributed by atoms with Gasteiger partial charge < -0.3 is 10.6 Å². The van der Waals surface area contributed by atoms with Crippen LogP contribution in [0.25, 0.3) is 0 Å². The molecule has 0 radical (unpaired) electrons. The van der Waals surface area contributed by atoms with Crippen molar-refractivity contribution in [3.63, 3.8) is 0 Å². The van der Waals surface area contributed by atoms with Gasteiger partial charge >= 0.3 is 0 Å². The summed E-state index contributed by atoms with van der Waals surface area (Å²) in [5.41, 5.74) is 1.35. The molecule has 90 valence electrons. The standard InChI is InChI=1S/C13H23N3/c1-12(2)16-8-3-7-14-9-4-13-5-10-15-11-6-13/h5-6,10-12,14,16H,3-4,7-9H2,1-2H3. The molecule has 0 aromatic carbocycles.